The Hall–Kier alpha value is -2.77. The third-order valence-corrected chi connectivity index (χ3v) is 3.59. The lowest BCUT2D eigenvalue weighted by Crippen LogP contribution is -2.38. The van der Waals surface area contributed by atoms with Crippen LogP contribution in [0.5, 0.6) is 0 Å². The van der Waals surface area contributed by atoms with Crippen molar-refractivity contribution in [3.8, 4) is 5.69 Å². The monoisotopic (exact) mass is 362 g/mol. The average molecular weight is 362 g/mol. The molecule has 0 aliphatic rings. The SMILES string of the molecule is CC(C)CN(CC(=O)O)C(=O)c1nc(C(C)C)n(-c2cccc(F)c2)n1. The van der Waals surface area contributed by atoms with Crippen molar-refractivity contribution in [2.45, 2.75) is 33.6 Å². The minimum absolute atomic E-state index is 0.0645. The van der Waals surface area contributed by atoms with E-state index in [0.717, 1.165) is 0 Å². The Balaban J connectivity index is 2.44. The van der Waals surface area contributed by atoms with Crippen molar-refractivity contribution in [3.63, 3.8) is 0 Å². The zero-order valence-corrected chi connectivity index (χ0v) is 15.3. The van der Waals surface area contributed by atoms with Gasteiger partial charge in [-0.25, -0.2) is 14.1 Å². The van der Waals surface area contributed by atoms with Crippen molar-refractivity contribution in [3.05, 3.63) is 41.7 Å². The lowest BCUT2D eigenvalue weighted by Gasteiger charge is -2.21. The second kappa shape index (κ2) is 8.07. The van der Waals surface area contributed by atoms with Crippen LogP contribution in [0.1, 0.15) is 50.1 Å². The quantitative estimate of drug-likeness (QED) is 0.818. The van der Waals surface area contributed by atoms with E-state index in [1.54, 1.807) is 12.1 Å². The molecular formula is C18H23FN4O3. The molecule has 2 rings (SSSR count). The molecule has 1 amide bonds. The molecule has 1 aromatic heterocycles. The van der Waals surface area contributed by atoms with Gasteiger partial charge in [0, 0.05) is 12.5 Å². The molecule has 0 aliphatic heterocycles. The lowest BCUT2D eigenvalue weighted by atomic mass is 10.2. The van der Waals surface area contributed by atoms with Crippen LogP contribution < -0.4 is 0 Å². The highest BCUT2D eigenvalue weighted by Gasteiger charge is 2.26. The first kappa shape index (κ1) is 19.6. The number of rotatable bonds is 7. The van der Waals surface area contributed by atoms with Gasteiger partial charge in [-0.15, -0.1) is 5.10 Å². The Bertz CT molecular complexity index is 801. The minimum atomic E-state index is -1.10. The number of aliphatic carboxylic acids is 1. The summed E-state index contributed by atoms with van der Waals surface area (Å²) in [6.45, 7) is 7.40. The van der Waals surface area contributed by atoms with Gasteiger partial charge in [0.25, 0.3) is 5.91 Å². The number of hydrogen-bond donors (Lipinski definition) is 1. The maximum Gasteiger partial charge on any atom is 0.323 e. The molecule has 7 nitrogen and oxygen atoms in total. The molecule has 0 spiro atoms. The van der Waals surface area contributed by atoms with Crippen LogP contribution in [0.25, 0.3) is 5.69 Å². The Morgan fingerprint density at radius 3 is 2.50 bits per heavy atom. The van der Waals surface area contributed by atoms with Crippen molar-refractivity contribution in [1.29, 1.82) is 0 Å². The number of amides is 1. The van der Waals surface area contributed by atoms with Gasteiger partial charge in [0.05, 0.1) is 5.69 Å². The zero-order valence-electron chi connectivity index (χ0n) is 15.3. The predicted molar refractivity (Wildman–Crippen MR) is 93.8 cm³/mol. The summed E-state index contributed by atoms with van der Waals surface area (Å²) < 4.78 is 15.0. The van der Waals surface area contributed by atoms with Gasteiger partial charge in [-0.3, -0.25) is 9.59 Å². The molecule has 0 saturated carbocycles. The number of benzene rings is 1. The highest BCUT2D eigenvalue weighted by Crippen LogP contribution is 2.19. The predicted octanol–water partition coefficient (Wildman–Crippen LogP) is 2.71. The fourth-order valence-corrected chi connectivity index (χ4v) is 2.55. The first-order valence-corrected chi connectivity index (χ1v) is 8.43. The number of nitrogens with zero attached hydrogens (tertiary/aromatic N) is 4. The summed E-state index contributed by atoms with van der Waals surface area (Å²) in [6.07, 6.45) is 0. The minimum Gasteiger partial charge on any atom is -0.480 e. The molecule has 1 aromatic carbocycles. The highest BCUT2D eigenvalue weighted by atomic mass is 19.1. The van der Waals surface area contributed by atoms with Crippen LogP contribution in [0.3, 0.4) is 0 Å². The number of carbonyl (C=O) groups is 2. The van der Waals surface area contributed by atoms with Crippen molar-refractivity contribution < 1.29 is 19.1 Å². The molecule has 2 aromatic rings. The second-order valence-electron chi connectivity index (χ2n) is 6.81. The molecule has 140 valence electrons. The lowest BCUT2D eigenvalue weighted by molar-refractivity contribution is -0.137. The van der Waals surface area contributed by atoms with Gasteiger partial charge in [0.2, 0.25) is 5.82 Å². The summed E-state index contributed by atoms with van der Waals surface area (Å²) in [7, 11) is 0. The van der Waals surface area contributed by atoms with E-state index in [0.29, 0.717) is 11.5 Å². The van der Waals surface area contributed by atoms with Gasteiger partial charge < -0.3 is 10.0 Å². The molecule has 1 heterocycles. The van der Waals surface area contributed by atoms with E-state index < -0.39 is 24.2 Å². The Kier molecular flexibility index (Phi) is 6.07. The first-order valence-electron chi connectivity index (χ1n) is 8.43. The van der Waals surface area contributed by atoms with Crippen LogP contribution in [-0.2, 0) is 4.79 Å². The van der Waals surface area contributed by atoms with Crippen molar-refractivity contribution in [2.24, 2.45) is 5.92 Å². The average Bonchev–Trinajstić information content (AvgIpc) is 2.98. The van der Waals surface area contributed by atoms with Gasteiger partial charge in [0.1, 0.15) is 18.2 Å². The van der Waals surface area contributed by atoms with Gasteiger partial charge in [0.15, 0.2) is 0 Å². The van der Waals surface area contributed by atoms with E-state index in [-0.39, 0.29) is 24.2 Å². The summed E-state index contributed by atoms with van der Waals surface area (Å²) in [5, 5.41) is 13.3. The van der Waals surface area contributed by atoms with Gasteiger partial charge in [-0.2, -0.15) is 0 Å². The van der Waals surface area contributed by atoms with E-state index in [9.17, 15) is 14.0 Å². The van der Waals surface area contributed by atoms with Crippen LogP contribution in [0.4, 0.5) is 4.39 Å². The fraction of sp³-hybridized carbons (Fsp3) is 0.444. The maximum atomic E-state index is 13.6. The number of carbonyl (C=O) groups excluding carboxylic acids is 1. The maximum absolute atomic E-state index is 13.6. The van der Waals surface area contributed by atoms with Crippen LogP contribution in [0.2, 0.25) is 0 Å². The van der Waals surface area contributed by atoms with Crippen molar-refractivity contribution in [2.75, 3.05) is 13.1 Å². The number of halogens is 1. The normalized spacial score (nSPS) is 11.2. The molecule has 0 bridgehead atoms. The number of aromatic nitrogens is 3. The summed E-state index contributed by atoms with van der Waals surface area (Å²) in [4.78, 5) is 29.3. The Labute approximate surface area is 151 Å². The van der Waals surface area contributed by atoms with Crippen molar-refractivity contribution >= 4 is 11.9 Å². The van der Waals surface area contributed by atoms with E-state index in [1.807, 2.05) is 27.7 Å². The summed E-state index contributed by atoms with van der Waals surface area (Å²) in [5.41, 5.74) is 0.453. The first-order chi connectivity index (χ1) is 12.2. The number of hydrogen-bond acceptors (Lipinski definition) is 4. The Morgan fingerprint density at radius 1 is 1.27 bits per heavy atom. The molecular weight excluding hydrogens is 339 g/mol. The smallest absolute Gasteiger partial charge is 0.323 e. The molecule has 0 atom stereocenters. The second-order valence-corrected chi connectivity index (χ2v) is 6.81. The topological polar surface area (TPSA) is 88.3 Å². The van der Waals surface area contributed by atoms with Gasteiger partial charge in [-0.1, -0.05) is 33.8 Å². The van der Waals surface area contributed by atoms with E-state index >= 15 is 0 Å². The molecule has 0 radical (unpaired) electrons. The number of carboxylic acid groups (broad SMARTS) is 1. The summed E-state index contributed by atoms with van der Waals surface area (Å²) in [5.74, 6) is -1.66. The number of carboxylic acids is 1. The van der Waals surface area contributed by atoms with Crippen LogP contribution >= 0.6 is 0 Å². The molecule has 26 heavy (non-hydrogen) atoms. The third kappa shape index (κ3) is 4.65. The molecule has 0 unspecified atom stereocenters. The third-order valence-electron chi connectivity index (χ3n) is 3.59. The van der Waals surface area contributed by atoms with Crippen LogP contribution in [0.15, 0.2) is 24.3 Å². The molecule has 1 N–H and O–H groups in total. The molecule has 0 aliphatic carbocycles. The van der Waals surface area contributed by atoms with Gasteiger partial charge in [-0.05, 0) is 24.1 Å². The molecule has 0 fully saturated rings. The van der Waals surface area contributed by atoms with Crippen molar-refractivity contribution in [1.82, 2.24) is 19.7 Å². The van der Waals surface area contributed by atoms with Crippen LogP contribution in [0, 0.1) is 11.7 Å². The Morgan fingerprint density at radius 2 is 1.96 bits per heavy atom. The van der Waals surface area contributed by atoms with E-state index in [2.05, 4.69) is 10.1 Å². The molecule has 0 saturated heterocycles. The molecule has 8 heteroatoms. The zero-order chi connectivity index (χ0) is 19.4. The fourth-order valence-electron chi connectivity index (χ4n) is 2.55. The van der Waals surface area contributed by atoms with E-state index in [4.69, 9.17) is 5.11 Å². The summed E-state index contributed by atoms with van der Waals surface area (Å²) in [6, 6.07) is 5.84. The van der Waals surface area contributed by atoms with E-state index in [1.165, 1.54) is 21.7 Å². The largest absolute Gasteiger partial charge is 0.480 e. The standard InChI is InChI=1S/C18H23FN4O3/c1-11(2)9-22(10-15(24)25)18(26)16-20-17(12(3)4)23(21-16)14-7-5-6-13(19)8-14/h5-8,11-12H,9-10H2,1-4H3,(H,24,25). The highest BCUT2D eigenvalue weighted by molar-refractivity contribution is 5.92. The van der Waals surface area contributed by atoms with Gasteiger partial charge >= 0.3 is 5.97 Å². The summed E-state index contributed by atoms with van der Waals surface area (Å²) >= 11 is 0. The van der Waals surface area contributed by atoms with Crippen LogP contribution in [-0.4, -0.2) is 49.7 Å².